The smallest absolute Gasteiger partial charge is 0.142 e. The molecule has 61 heavy (non-hydrogen) atoms. The molecule has 0 bridgehead atoms. The van der Waals surface area contributed by atoms with E-state index in [2.05, 4.69) is 212 Å². The molecule has 0 N–H and O–H groups in total. The number of aromatic nitrogens is 1. The highest BCUT2D eigenvalue weighted by molar-refractivity contribution is 6.24. The van der Waals surface area contributed by atoms with E-state index in [4.69, 9.17) is 10.8 Å². The molecule has 11 aromatic rings. The fourth-order valence-electron chi connectivity index (χ4n) is 10.1. The standard InChI is InChI=1S/C59H39NO/c1-3-53-50(46-24-13-14-25-54(46)60(53)55-31-29-43-27-26-41-22-15-23-42-28-30-47(55)57(43)56(41)42)32-37(2)48-33-44(38-16-7-4-8-17-38)35-51-52-36-45(39-18-9-5-10-19-39)34-49(59(52)61-58(48)51)40-20-11-6-12-21-40/h1,4-32,34-36,48H,33H2,2H3. The van der Waals surface area contributed by atoms with Crippen LogP contribution in [0.1, 0.15) is 47.4 Å². The molecule has 1 unspecified atom stereocenters. The summed E-state index contributed by atoms with van der Waals surface area (Å²) in [5, 5.41) is 9.71. The van der Waals surface area contributed by atoms with E-state index in [9.17, 15) is 0 Å². The summed E-state index contributed by atoms with van der Waals surface area (Å²) in [6.45, 7) is 2.26. The van der Waals surface area contributed by atoms with Crippen molar-refractivity contribution < 1.29 is 4.42 Å². The Morgan fingerprint density at radius 3 is 1.98 bits per heavy atom. The van der Waals surface area contributed by atoms with Crippen LogP contribution in [0.3, 0.4) is 0 Å². The topological polar surface area (TPSA) is 18.1 Å². The normalized spacial score (nSPS) is 14.3. The van der Waals surface area contributed by atoms with Crippen molar-refractivity contribution in [2.45, 2.75) is 19.3 Å². The maximum Gasteiger partial charge on any atom is 0.142 e. The molecule has 0 radical (unpaired) electrons. The molecule has 1 atom stereocenters. The van der Waals surface area contributed by atoms with Gasteiger partial charge in [-0.1, -0.05) is 175 Å². The zero-order valence-corrected chi connectivity index (χ0v) is 33.7. The first-order valence-corrected chi connectivity index (χ1v) is 21.1. The van der Waals surface area contributed by atoms with E-state index < -0.39 is 0 Å². The predicted octanol–water partition coefficient (Wildman–Crippen LogP) is 15.7. The van der Waals surface area contributed by atoms with Crippen LogP contribution in [0.2, 0.25) is 0 Å². The lowest BCUT2D eigenvalue weighted by atomic mass is 9.80. The molecule has 286 valence electrons. The molecule has 2 nitrogen and oxygen atoms in total. The minimum absolute atomic E-state index is 0.0336. The lowest BCUT2D eigenvalue weighted by molar-refractivity contribution is 0.517. The summed E-state index contributed by atoms with van der Waals surface area (Å²) in [5.41, 5.74) is 14.4. The number of hydrogen-bond acceptors (Lipinski definition) is 1. The van der Waals surface area contributed by atoms with Crippen molar-refractivity contribution in [3.05, 3.63) is 216 Å². The molecule has 1 aliphatic carbocycles. The SMILES string of the molecule is C#Cc1c(C=C(C)C2CC(c3ccccc3)=Cc3c2oc2c(-c4ccccc4)cc(-c4ccccc4)cc32)c2ccccc2n1-c1ccc2ccc3cccc4ccc1c2c34. The highest BCUT2D eigenvalue weighted by atomic mass is 16.3. The Morgan fingerprint density at radius 2 is 1.25 bits per heavy atom. The van der Waals surface area contributed by atoms with Gasteiger partial charge in [0.2, 0.25) is 0 Å². The Hall–Kier alpha value is -7.86. The highest BCUT2D eigenvalue weighted by Crippen LogP contribution is 2.49. The first kappa shape index (κ1) is 35.1. The van der Waals surface area contributed by atoms with E-state index in [-0.39, 0.29) is 5.92 Å². The van der Waals surface area contributed by atoms with Crippen LogP contribution < -0.4 is 0 Å². The van der Waals surface area contributed by atoms with Crippen LogP contribution >= 0.6 is 0 Å². The van der Waals surface area contributed by atoms with Crippen LogP contribution in [-0.4, -0.2) is 4.57 Å². The molecule has 0 fully saturated rings. The van der Waals surface area contributed by atoms with Crippen LogP contribution in [0.5, 0.6) is 0 Å². The van der Waals surface area contributed by atoms with Crippen LogP contribution in [0.25, 0.3) is 99.9 Å². The molecule has 2 heterocycles. The van der Waals surface area contributed by atoms with Crippen molar-refractivity contribution in [2.24, 2.45) is 0 Å². The number of furan rings is 1. The average Bonchev–Trinajstić information content (AvgIpc) is 3.86. The van der Waals surface area contributed by atoms with Crippen molar-refractivity contribution in [3.8, 4) is 40.3 Å². The number of benzene rings is 9. The van der Waals surface area contributed by atoms with Crippen molar-refractivity contribution in [3.63, 3.8) is 0 Å². The van der Waals surface area contributed by atoms with Crippen molar-refractivity contribution in [1.29, 1.82) is 0 Å². The van der Waals surface area contributed by atoms with Crippen molar-refractivity contribution >= 4 is 71.9 Å². The van der Waals surface area contributed by atoms with E-state index in [0.717, 1.165) is 73.3 Å². The minimum Gasteiger partial charge on any atom is -0.459 e. The molecular weight excluding hydrogens is 739 g/mol. The maximum absolute atomic E-state index is 7.21. The molecule has 0 saturated carbocycles. The van der Waals surface area contributed by atoms with E-state index in [1.165, 1.54) is 54.6 Å². The molecule has 0 amide bonds. The zero-order chi connectivity index (χ0) is 40.6. The molecule has 0 aliphatic heterocycles. The minimum atomic E-state index is -0.0336. The highest BCUT2D eigenvalue weighted by Gasteiger charge is 2.31. The Labute approximate surface area is 354 Å². The van der Waals surface area contributed by atoms with Gasteiger partial charge in [0.25, 0.3) is 0 Å². The number of fused-ring (bicyclic) bond motifs is 4. The monoisotopic (exact) mass is 777 g/mol. The van der Waals surface area contributed by atoms with Gasteiger partial charge in [-0.05, 0) is 98.4 Å². The number of terminal acetylenes is 1. The first-order chi connectivity index (χ1) is 30.1. The fraction of sp³-hybridized carbons (Fsp3) is 0.0508. The second kappa shape index (κ2) is 13.9. The van der Waals surface area contributed by atoms with Gasteiger partial charge < -0.3 is 8.98 Å². The van der Waals surface area contributed by atoms with Gasteiger partial charge in [-0.3, -0.25) is 0 Å². The lowest BCUT2D eigenvalue weighted by Gasteiger charge is -2.23. The Morgan fingerprint density at radius 1 is 0.607 bits per heavy atom. The second-order valence-electron chi connectivity index (χ2n) is 16.4. The van der Waals surface area contributed by atoms with E-state index in [0.29, 0.717) is 0 Å². The predicted molar refractivity (Wildman–Crippen MR) is 257 cm³/mol. The summed E-state index contributed by atoms with van der Waals surface area (Å²) >= 11 is 0. The third-order valence-corrected chi connectivity index (χ3v) is 13.0. The number of allylic oxidation sites excluding steroid dienone is 2. The summed E-state index contributed by atoms with van der Waals surface area (Å²) < 4.78 is 9.52. The number of rotatable bonds is 6. The van der Waals surface area contributed by atoms with Gasteiger partial charge >= 0.3 is 0 Å². The van der Waals surface area contributed by atoms with Gasteiger partial charge in [-0.2, -0.15) is 0 Å². The van der Waals surface area contributed by atoms with Crippen LogP contribution in [0.15, 0.2) is 192 Å². The number of para-hydroxylation sites is 1. The largest absolute Gasteiger partial charge is 0.459 e. The zero-order valence-electron chi connectivity index (χ0n) is 33.7. The Balaban J connectivity index is 1.08. The first-order valence-electron chi connectivity index (χ1n) is 21.1. The van der Waals surface area contributed by atoms with Gasteiger partial charge in [0.1, 0.15) is 17.0 Å². The number of hydrogen-bond donors (Lipinski definition) is 0. The third-order valence-electron chi connectivity index (χ3n) is 13.0. The summed E-state index contributed by atoms with van der Waals surface area (Å²) in [7, 11) is 0. The van der Waals surface area contributed by atoms with Gasteiger partial charge in [0.05, 0.1) is 11.2 Å². The maximum atomic E-state index is 7.21. The quantitative estimate of drug-likeness (QED) is 0.121. The van der Waals surface area contributed by atoms with E-state index >= 15 is 0 Å². The Kier molecular flexibility index (Phi) is 7.99. The third kappa shape index (κ3) is 5.52. The molecule has 1 aliphatic rings. The molecule has 2 aromatic heterocycles. The summed E-state index contributed by atoms with van der Waals surface area (Å²) in [6.07, 6.45) is 12.1. The number of nitrogens with zero attached hydrogens (tertiary/aromatic N) is 1. The van der Waals surface area contributed by atoms with Crippen LogP contribution in [-0.2, 0) is 0 Å². The van der Waals surface area contributed by atoms with Crippen molar-refractivity contribution in [2.75, 3.05) is 0 Å². The molecule has 0 spiro atoms. The summed E-state index contributed by atoms with van der Waals surface area (Å²) in [4.78, 5) is 0. The van der Waals surface area contributed by atoms with Gasteiger partial charge in [-0.25, -0.2) is 0 Å². The van der Waals surface area contributed by atoms with Gasteiger partial charge in [-0.15, -0.1) is 6.42 Å². The van der Waals surface area contributed by atoms with Crippen LogP contribution in [0, 0.1) is 12.3 Å². The second-order valence-corrected chi connectivity index (χ2v) is 16.4. The Bertz CT molecular complexity index is 3600. The van der Waals surface area contributed by atoms with Crippen LogP contribution in [0.4, 0.5) is 0 Å². The molecule has 9 aromatic carbocycles. The van der Waals surface area contributed by atoms with E-state index in [1.807, 2.05) is 0 Å². The van der Waals surface area contributed by atoms with Gasteiger partial charge in [0.15, 0.2) is 0 Å². The van der Waals surface area contributed by atoms with Crippen molar-refractivity contribution in [1.82, 2.24) is 4.57 Å². The molecular formula is C59H39NO. The molecule has 0 saturated heterocycles. The fourth-order valence-corrected chi connectivity index (χ4v) is 10.1. The molecule has 12 rings (SSSR count). The summed E-state index contributed by atoms with van der Waals surface area (Å²) in [6, 6.07) is 65.4. The molecule has 2 heteroatoms. The summed E-state index contributed by atoms with van der Waals surface area (Å²) in [5.74, 6) is 4.15. The lowest BCUT2D eigenvalue weighted by Crippen LogP contribution is -2.07. The van der Waals surface area contributed by atoms with E-state index in [1.54, 1.807) is 0 Å². The van der Waals surface area contributed by atoms with Gasteiger partial charge in [0, 0.05) is 38.8 Å². The average molecular weight is 778 g/mol.